The SMILES string of the molecule is CSC1(CNc2ncc(Br)cc2C(=O)O)CC1. The molecule has 0 aliphatic heterocycles. The third-order valence-electron chi connectivity index (χ3n) is 2.90. The first-order chi connectivity index (χ1) is 8.06. The molecule has 0 saturated heterocycles. The van der Waals surface area contributed by atoms with E-state index in [2.05, 4.69) is 32.5 Å². The molecular weight excluding hydrogens is 304 g/mol. The van der Waals surface area contributed by atoms with Crippen LogP contribution in [0.5, 0.6) is 0 Å². The number of nitrogens with one attached hydrogen (secondary N) is 1. The number of anilines is 1. The van der Waals surface area contributed by atoms with Crippen molar-refractivity contribution in [1.82, 2.24) is 4.98 Å². The zero-order valence-electron chi connectivity index (χ0n) is 9.36. The predicted octanol–water partition coefficient (Wildman–Crippen LogP) is 2.85. The van der Waals surface area contributed by atoms with Crippen molar-refractivity contribution in [2.45, 2.75) is 17.6 Å². The minimum Gasteiger partial charge on any atom is -0.478 e. The van der Waals surface area contributed by atoms with Crippen molar-refractivity contribution < 1.29 is 9.90 Å². The van der Waals surface area contributed by atoms with Gasteiger partial charge in [0.15, 0.2) is 0 Å². The topological polar surface area (TPSA) is 62.2 Å². The van der Waals surface area contributed by atoms with Crippen LogP contribution in [-0.4, -0.2) is 33.6 Å². The lowest BCUT2D eigenvalue weighted by atomic mass is 10.2. The summed E-state index contributed by atoms with van der Waals surface area (Å²) in [5, 5.41) is 12.2. The van der Waals surface area contributed by atoms with Gasteiger partial charge in [0.05, 0.1) is 0 Å². The van der Waals surface area contributed by atoms with Crippen LogP contribution in [0.15, 0.2) is 16.7 Å². The van der Waals surface area contributed by atoms with Gasteiger partial charge in [-0.25, -0.2) is 9.78 Å². The van der Waals surface area contributed by atoms with Crippen molar-refractivity contribution in [3.63, 3.8) is 0 Å². The minimum absolute atomic E-state index is 0.205. The van der Waals surface area contributed by atoms with Gasteiger partial charge in [-0.05, 0) is 41.1 Å². The van der Waals surface area contributed by atoms with E-state index in [0.717, 1.165) is 6.54 Å². The van der Waals surface area contributed by atoms with Crippen LogP contribution in [0.2, 0.25) is 0 Å². The normalized spacial score (nSPS) is 16.6. The molecule has 0 amide bonds. The van der Waals surface area contributed by atoms with Gasteiger partial charge in [-0.1, -0.05) is 0 Å². The Morgan fingerprint density at radius 2 is 2.41 bits per heavy atom. The van der Waals surface area contributed by atoms with Crippen LogP contribution in [-0.2, 0) is 0 Å². The molecule has 1 heterocycles. The first kappa shape index (κ1) is 12.7. The molecule has 0 spiro atoms. The fourth-order valence-corrected chi connectivity index (χ4v) is 2.64. The van der Waals surface area contributed by atoms with Crippen molar-refractivity contribution in [3.8, 4) is 0 Å². The summed E-state index contributed by atoms with van der Waals surface area (Å²) in [6, 6.07) is 1.57. The van der Waals surface area contributed by atoms with Gasteiger partial charge in [-0.3, -0.25) is 0 Å². The van der Waals surface area contributed by atoms with Crippen LogP contribution in [0.3, 0.4) is 0 Å². The number of aromatic nitrogens is 1. The third-order valence-corrected chi connectivity index (χ3v) is 4.76. The zero-order valence-corrected chi connectivity index (χ0v) is 11.8. The molecule has 2 N–H and O–H groups in total. The van der Waals surface area contributed by atoms with Crippen LogP contribution < -0.4 is 5.32 Å². The molecule has 6 heteroatoms. The molecule has 2 rings (SSSR count). The Kier molecular flexibility index (Phi) is 3.63. The number of nitrogens with zero attached hydrogens (tertiary/aromatic N) is 1. The molecule has 1 saturated carbocycles. The van der Waals surface area contributed by atoms with Gasteiger partial charge in [0.2, 0.25) is 0 Å². The molecular formula is C11H13BrN2O2S. The van der Waals surface area contributed by atoms with Gasteiger partial charge < -0.3 is 10.4 Å². The Labute approximate surface area is 112 Å². The van der Waals surface area contributed by atoms with Crippen LogP contribution in [0.4, 0.5) is 5.82 Å². The first-order valence-electron chi connectivity index (χ1n) is 5.24. The summed E-state index contributed by atoms with van der Waals surface area (Å²) >= 11 is 5.05. The molecule has 0 bridgehead atoms. The molecule has 1 fully saturated rings. The second-order valence-electron chi connectivity index (χ2n) is 4.10. The zero-order chi connectivity index (χ0) is 12.5. The van der Waals surface area contributed by atoms with E-state index in [-0.39, 0.29) is 10.3 Å². The number of hydrogen-bond acceptors (Lipinski definition) is 4. The van der Waals surface area contributed by atoms with E-state index >= 15 is 0 Å². The van der Waals surface area contributed by atoms with Crippen LogP contribution >= 0.6 is 27.7 Å². The van der Waals surface area contributed by atoms with Crippen LogP contribution in [0, 0.1) is 0 Å². The first-order valence-corrected chi connectivity index (χ1v) is 7.26. The number of carboxylic acids is 1. The quantitative estimate of drug-likeness (QED) is 0.874. The highest BCUT2D eigenvalue weighted by atomic mass is 79.9. The number of halogens is 1. The van der Waals surface area contributed by atoms with E-state index in [1.54, 1.807) is 12.3 Å². The summed E-state index contributed by atoms with van der Waals surface area (Å²) in [5.41, 5.74) is 0.205. The molecule has 1 aliphatic rings. The Morgan fingerprint density at radius 1 is 1.71 bits per heavy atom. The number of carbonyl (C=O) groups is 1. The summed E-state index contributed by atoms with van der Waals surface area (Å²) in [6.45, 7) is 0.767. The fourth-order valence-electron chi connectivity index (χ4n) is 1.58. The van der Waals surface area contributed by atoms with Crippen LogP contribution in [0.25, 0.3) is 0 Å². The Morgan fingerprint density at radius 3 is 2.94 bits per heavy atom. The van der Waals surface area contributed by atoms with Gasteiger partial charge >= 0.3 is 5.97 Å². The second-order valence-corrected chi connectivity index (χ2v) is 6.29. The van der Waals surface area contributed by atoms with Crippen molar-refractivity contribution in [1.29, 1.82) is 0 Å². The Bertz CT molecular complexity index is 449. The average Bonchev–Trinajstić information content (AvgIpc) is 3.08. The number of aromatic carboxylic acids is 1. The molecule has 1 aromatic heterocycles. The predicted molar refractivity (Wildman–Crippen MR) is 72.9 cm³/mol. The van der Waals surface area contributed by atoms with Crippen molar-refractivity contribution in [3.05, 3.63) is 22.3 Å². The fraction of sp³-hybridized carbons (Fsp3) is 0.455. The van der Waals surface area contributed by atoms with E-state index in [9.17, 15) is 4.79 Å². The molecule has 0 unspecified atom stereocenters. The number of thioether (sulfide) groups is 1. The van der Waals surface area contributed by atoms with E-state index in [1.807, 2.05) is 11.8 Å². The van der Waals surface area contributed by atoms with Crippen LogP contribution in [0.1, 0.15) is 23.2 Å². The maximum absolute atomic E-state index is 11.1. The lowest BCUT2D eigenvalue weighted by Crippen LogP contribution is -2.19. The second kappa shape index (κ2) is 4.86. The van der Waals surface area contributed by atoms with E-state index < -0.39 is 5.97 Å². The summed E-state index contributed by atoms with van der Waals surface area (Å²) < 4.78 is 0.955. The third kappa shape index (κ3) is 2.93. The summed E-state index contributed by atoms with van der Waals surface area (Å²) in [7, 11) is 0. The number of rotatable bonds is 5. The van der Waals surface area contributed by atoms with Gasteiger partial charge in [-0.15, -0.1) is 0 Å². The van der Waals surface area contributed by atoms with Crippen molar-refractivity contribution in [2.24, 2.45) is 0 Å². The average molecular weight is 317 g/mol. The number of hydrogen-bond donors (Lipinski definition) is 2. The van der Waals surface area contributed by atoms with Crippen molar-refractivity contribution in [2.75, 3.05) is 18.1 Å². The Balaban J connectivity index is 2.12. The summed E-state index contributed by atoms with van der Waals surface area (Å²) in [4.78, 5) is 15.2. The Hall–Kier alpha value is -0.750. The number of carboxylic acid groups (broad SMARTS) is 1. The van der Waals surface area contributed by atoms with Crippen molar-refractivity contribution >= 4 is 39.5 Å². The molecule has 0 aromatic carbocycles. The van der Waals surface area contributed by atoms with Gasteiger partial charge in [0.1, 0.15) is 11.4 Å². The molecule has 4 nitrogen and oxygen atoms in total. The molecule has 17 heavy (non-hydrogen) atoms. The maximum Gasteiger partial charge on any atom is 0.339 e. The maximum atomic E-state index is 11.1. The minimum atomic E-state index is -0.963. The monoisotopic (exact) mass is 316 g/mol. The van der Waals surface area contributed by atoms with E-state index in [0.29, 0.717) is 10.3 Å². The molecule has 0 atom stereocenters. The summed E-state index contributed by atoms with van der Waals surface area (Å²) in [5.74, 6) is -0.517. The van der Waals surface area contributed by atoms with E-state index in [4.69, 9.17) is 5.11 Å². The highest BCUT2D eigenvalue weighted by Crippen LogP contribution is 2.47. The lowest BCUT2D eigenvalue weighted by molar-refractivity contribution is 0.0697. The van der Waals surface area contributed by atoms with Gasteiger partial charge in [-0.2, -0.15) is 11.8 Å². The lowest BCUT2D eigenvalue weighted by Gasteiger charge is -2.14. The largest absolute Gasteiger partial charge is 0.478 e. The molecule has 92 valence electrons. The highest BCUT2D eigenvalue weighted by Gasteiger charge is 2.41. The number of pyridine rings is 1. The smallest absolute Gasteiger partial charge is 0.339 e. The summed E-state index contributed by atoms with van der Waals surface area (Å²) in [6.07, 6.45) is 6.05. The molecule has 0 radical (unpaired) electrons. The standard InChI is InChI=1S/C11H13BrN2O2S/c1-17-11(2-3-11)6-14-9-8(10(15)16)4-7(12)5-13-9/h4-5H,2-3,6H2,1H3,(H,13,14)(H,15,16). The van der Waals surface area contributed by atoms with Gasteiger partial charge in [0, 0.05) is 22.0 Å². The molecule has 1 aliphatic carbocycles. The molecule has 1 aromatic rings. The highest BCUT2D eigenvalue weighted by molar-refractivity contribution is 9.10. The van der Waals surface area contributed by atoms with E-state index in [1.165, 1.54) is 12.8 Å². The van der Waals surface area contributed by atoms with Gasteiger partial charge in [0.25, 0.3) is 0 Å².